The van der Waals surface area contributed by atoms with Gasteiger partial charge in [-0.25, -0.2) is 14.6 Å². The number of nitrogens with one attached hydrogen (secondary N) is 1. The maximum Gasteiger partial charge on any atom is 0.416 e. The first-order chi connectivity index (χ1) is 14.2. The SMILES string of the molecule is COC(=O)c1ccnc(OC(=O)N2CCN(C3CCC3)CC2C2CCNCC2)c1. The molecule has 4 rings (SSSR count). The number of nitrogens with zero attached hydrogens (tertiary/aromatic N) is 3. The highest BCUT2D eigenvalue weighted by Crippen LogP contribution is 2.31. The Morgan fingerprint density at radius 2 is 1.97 bits per heavy atom. The molecule has 3 heterocycles. The predicted molar refractivity (Wildman–Crippen MR) is 107 cm³/mol. The van der Waals surface area contributed by atoms with Gasteiger partial charge in [-0.3, -0.25) is 4.90 Å². The van der Waals surface area contributed by atoms with Crippen molar-refractivity contribution < 1.29 is 19.1 Å². The first-order valence-electron chi connectivity index (χ1n) is 10.6. The molecule has 3 aliphatic rings. The van der Waals surface area contributed by atoms with E-state index in [1.807, 2.05) is 4.90 Å². The van der Waals surface area contributed by atoms with Crippen LogP contribution in [0.2, 0.25) is 0 Å². The number of hydrogen-bond acceptors (Lipinski definition) is 7. The number of methoxy groups -OCH3 is 1. The molecule has 1 aromatic rings. The minimum absolute atomic E-state index is 0.128. The fourth-order valence-electron chi connectivity index (χ4n) is 4.63. The number of esters is 1. The number of carbonyl (C=O) groups excluding carboxylic acids is 2. The molecule has 1 amide bonds. The summed E-state index contributed by atoms with van der Waals surface area (Å²) in [5.41, 5.74) is 0.315. The summed E-state index contributed by atoms with van der Waals surface area (Å²) in [5, 5.41) is 3.41. The van der Waals surface area contributed by atoms with Crippen molar-refractivity contribution in [3.63, 3.8) is 0 Å². The van der Waals surface area contributed by atoms with E-state index in [1.54, 1.807) is 6.07 Å². The summed E-state index contributed by atoms with van der Waals surface area (Å²) < 4.78 is 10.3. The molecule has 2 saturated heterocycles. The van der Waals surface area contributed by atoms with Gasteiger partial charge in [-0.2, -0.15) is 0 Å². The van der Waals surface area contributed by atoms with E-state index in [4.69, 9.17) is 9.47 Å². The van der Waals surface area contributed by atoms with Gasteiger partial charge in [0, 0.05) is 37.9 Å². The minimum atomic E-state index is -0.480. The van der Waals surface area contributed by atoms with Gasteiger partial charge in [0.25, 0.3) is 0 Å². The molecule has 3 fully saturated rings. The smallest absolute Gasteiger partial charge is 0.416 e. The molecule has 1 atom stereocenters. The topological polar surface area (TPSA) is 84.0 Å². The molecule has 8 heteroatoms. The van der Waals surface area contributed by atoms with Gasteiger partial charge in [-0.15, -0.1) is 0 Å². The van der Waals surface area contributed by atoms with Crippen molar-refractivity contribution in [2.24, 2.45) is 5.92 Å². The summed E-state index contributed by atoms with van der Waals surface area (Å²) >= 11 is 0. The Morgan fingerprint density at radius 1 is 1.17 bits per heavy atom. The molecule has 1 N–H and O–H groups in total. The van der Waals surface area contributed by atoms with Crippen molar-refractivity contribution in [1.29, 1.82) is 0 Å². The van der Waals surface area contributed by atoms with Gasteiger partial charge in [0.15, 0.2) is 0 Å². The van der Waals surface area contributed by atoms with Crippen LogP contribution >= 0.6 is 0 Å². The summed E-state index contributed by atoms with van der Waals surface area (Å²) in [6, 6.07) is 3.82. The molecule has 0 bridgehead atoms. The summed E-state index contributed by atoms with van der Waals surface area (Å²) in [7, 11) is 1.32. The fraction of sp³-hybridized carbons (Fsp3) is 0.667. The van der Waals surface area contributed by atoms with Crippen LogP contribution in [-0.4, -0.2) is 78.8 Å². The van der Waals surface area contributed by atoms with Crippen LogP contribution in [0.15, 0.2) is 18.3 Å². The van der Waals surface area contributed by atoms with Gasteiger partial charge in [-0.05, 0) is 50.8 Å². The molecule has 0 radical (unpaired) electrons. The van der Waals surface area contributed by atoms with Crippen LogP contribution in [0.5, 0.6) is 5.88 Å². The minimum Gasteiger partial charge on any atom is -0.465 e. The van der Waals surface area contributed by atoms with Crippen molar-refractivity contribution in [3.05, 3.63) is 23.9 Å². The average Bonchev–Trinajstić information content (AvgIpc) is 2.72. The van der Waals surface area contributed by atoms with Gasteiger partial charge in [0.2, 0.25) is 5.88 Å². The zero-order valence-corrected chi connectivity index (χ0v) is 17.0. The van der Waals surface area contributed by atoms with Crippen molar-refractivity contribution >= 4 is 12.1 Å². The Bertz CT molecular complexity index is 733. The summed E-state index contributed by atoms with van der Waals surface area (Å²) in [6.07, 6.45) is 7.07. The molecule has 29 heavy (non-hydrogen) atoms. The lowest BCUT2D eigenvalue weighted by atomic mass is 9.85. The number of carbonyl (C=O) groups is 2. The van der Waals surface area contributed by atoms with E-state index in [0.29, 0.717) is 24.1 Å². The molecule has 1 unspecified atom stereocenters. The van der Waals surface area contributed by atoms with Gasteiger partial charge in [0.05, 0.1) is 18.7 Å². The van der Waals surface area contributed by atoms with Crippen molar-refractivity contribution in [1.82, 2.24) is 20.1 Å². The second-order valence-electron chi connectivity index (χ2n) is 8.17. The van der Waals surface area contributed by atoms with E-state index < -0.39 is 5.97 Å². The van der Waals surface area contributed by atoms with Crippen LogP contribution in [0, 0.1) is 5.92 Å². The maximum atomic E-state index is 13.0. The van der Waals surface area contributed by atoms with Crippen LogP contribution in [0.25, 0.3) is 0 Å². The van der Waals surface area contributed by atoms with E-state index in [-0.39, 0.29) is 18.0 Å². The highest BCUT2D eigenvalue weighted by Gasteiger charge is 2.40. The van der Waals surface area contributed by atoms with Crippen molar-refractivity contribution in [3.8, 4) is 5.88 Å². The average molecular weight is 402 g/mol. The first kappa shape index (κ1) is 20.1. The van der Waals surface area contributed by atoms with Crippen molar-refractivity contribution in [2.45, 2.75) is 44.2 Å². The summed E-state index contributed by atoms with van der Waals surface area (Å²) in [4.78, 5) is 33.3. The third-order valence-corrected chi connectivity index (χ3v) is 6.55. The number of aromatic nitrogens is 1. The molecule has 1 aromatic heterocycles. The highest BCUT2D eigenvalue weighted by molar-refractivity contribution is 5.89. The van der Waals surface area contributed by atoms with Crippen molar-refractivity contribution in [2.75, 3.05) is 39.8 Å². The Kier molecular flexibility index (Phi) is 6.30. The second kappa shape index (κ2) is 9.09. The highest BCUT2D eigenvalue weighted by atomic mass is 16.6. The summed E-state index contributed by atoms with van der Waals surface area (Å²) in [5.74, 6) is 0.121. The van der Waals surface area contributed by atoms with Gasteiger partial charge >= 0.3 is 12.1 Å². The zero-order chi connectivity index (χ0) is 20.2. The molecular weight excluding hydrogens is 372 g/mol. The third kappa shape index (κ3) is 4.53. The molecule has 1 saturated carbocycles. The number of ether oxygens (including phenoxy) is 2. The molecule has 0 aromatic carbocycles. The van der Waals surface area contributed by atoms with E-state index >= 15 is 0 Å². The van der Waals surface area contributed by atoms with Crippen LogP contribution in [0.1, 0.15) is 42.5 Å². The van der Waals surface area contributed by atoms with Crippen LogP contribution in [-0.2, 0) is 4.74 Å². The Morgan fingerprint density at radius 3 is 2.66 bits per heavy atom. The molecule has 1 aliphatic carbocycles. The third-order valence-electron chi connectivity index (χ3n) is 6.55. The molecule has 158 valence electrons. The number of amides is 1. The Hall–Kier alpha value is -2.19. The number of pyridine rings is 1. The lowest BCUT2D eigenvalue weighted by molar-refractivity contribution is 0.00445. The van der Waals surface area contributed by atoms with Crippen LogP contribution < -0.4 is 10.1 Å². The molecule has 8 nitrogen and oxygen atoms in total. The molecular formula is C21H30N4O4. The lowest BCUT2D eigenvalue weighted by Crippen LogP contribution is -2.62. The van der Waals surface area contributed by atoms with E-state index in [9.17, 15) is 9.59 Å². The number of hydrogen-bond donors (Lipinski definition) is 1. The van der Waals surface area contributed by atoms with E-state index in [1.165, 1.54) is 38.6 Å². The normalized spacial score (nSPS) is 24.0. The Labute approximate surface area is 171 Å². The van der Waals surface area contributed by atoms with E-state index in [0.717, 1.165) is 39.0 Å². The monoisotopic (exact) mass is 402 g/mol. The van der Waals surface area contributed by atoms with E-state index in [2.05, 4.69) is 15.2 Å². The standard InChI is InChI=1S/C21H30N4O4/c1-28-20(26)16-7-10-23-19(13-16)29-21(27)25-12-11-24(17-3-2-4-17)14-18(25)15-5-8-22-9-6-15/h7,10,13,15,17-18,22H,2-6,8-9,11-12,14H2,1H3. The number of rotatable bonds is 4. The summed E-state index contributed by atoms with van der Waals surface area (Å²) in [6.45, 7) is 4.46. The van der Waals surface area contributed by atoms with Gasteiger partial charge in [-0.1, -0.05) is 6.42 Å². The maximum absolute atomic E-state index is 13.0. The largest absolute Gasteiger partial charge is 0.465 e. The molecule has 2 aliphatic heterocycles. The van der Waals surface area contributed by atoms with Crippen LogP contribution in [0.3, 0.4) is 0 Å². The predicted octanol–water partition coefficient (Wildman–Crippen LogP) is 1.91. The fourth-order valence-corrected chi connectivity index (χ4v) is 4.63. The van der Waals surface area contributed by atoms with Gasteiger partial charge in [0.1, 0.15) is 0 Å². The van der Waals surface area contributed by atoms with Gasteiger partial charge < -0.3 is 19.7 Å². The quantitative estimate of drug-likeness (QED) is 0.770. The Balaban J connectivity index is 1.47. The molecule has 0 spiro atoms. The first-order valence-corrected chi connectivity index (χ1v) is 10.6. The second-order valence-corrected chi connectivity index (χ2v) is 8.17. The van der Waals surface area contributed by atoms with Crippen LogP contribution in [0.4, 0.5) is 4.79 Å². The number of piperidine rings is 1. The zero-order valence-electron chi connectivity index (χ0n) is 17.0. The lowest BCUT2D eigenvalue weighted by Gasteiger charge is -2.49. The number of piperazine rings is 1.